The van der Waals surface area contributed by atoms with Crippen LogP contribution in [0.15, 0.2) is 30.3 Å². The Balaban J connectivity index is 0.000000464. The van der Waals surface area contributed by atoms with Crippen LogP contribution in [-0.2, 0) is 30.4 Å². The fourth-order valence-electron chi connectivity index (χ4n) is 2.73. The van der Waals surface area contributed by atoms with Crippen molar-refractivity contribution in [2.45, 2.75) is 56.3 Å². The first-order valence-corrected chi connectivity index (χ1v) is 11.0. The number of aliphatic hydroxyl groups is 1. The van der Waals surface area contributed by atoms with E-state index in [1.165, 1.54) is 0 Å². The summed E-state index contributed by atoms with van der Waals surface area (Å²) in [6.45, 7) is 0.353. The summed E-state index contributed by atoms with van der Waals surface area (Å²) in [4.78, 5) is 50.7. The maximum absolute atomic E-state index is 10.4. The van der Waals surface area contributed by atoms with Gasteiger partial charge in [-0.1, -0.05) is 30.3 Å². The Morgan fingerprint density at radius 2 is 1.44 bits per heavy atom. The van der Waals surface area contributed by atoms with Gasteiger partial charge in [-0.2, -0.15) is 0 Å². The van der Waals surface area contributed by atoms with E-state index in [9.17, 15) is 24.0 Å². The summed E-state index contributed by atoms with van der Waals surface area (Å²) in [6.07, 6.45) is 2.94. The van der Waals surface area contributed by atoms with Gasteiger partial charge >= 0.3 is 23.9 Å². The van der Waals surface area contributed by atoms with Crippen molar-refractivity contribution >= 4 is 29.8 Å². The zero-order valence-corrected chi connectivity index (χ0v) is 19.6. The number of carboxylic acid groups (broad SMARTS) is 4. The smallest absolute Gasteiger partial charge is 0.326 e. The molecule has 2 aliphatic rings. The van der Waals surface area contributed by atoms with E-state index >= 15 is 0 Å². The van der Waals surface area contributed by atoms with Gasteiger partial charge in [-0.3, -0.25) is 19.2 Å². The van der Waals surface area contributed by atoms with E-state index in [1.807, 2.05) is 30.3 Å². The van der Waals surface area contributed by atoms with Gasteiger partial charge in [-0.05, 0) is 37.8 Å². The van der Waals surface area contributed by atoms with E-state index in [1.54, 1.807) is 0 Å². The van der Waals surface area contributed by atoms with Crippen LogP contribution in [0.2, 0.25) is 0 Å². The molecule has 0 saturated carbocycles. The predicted octanol–water partition coefficient (Wildman–Crippen LogP) is -1.80. The molecule has 0 aromatic heterocycles. The number of nitrogens with one attached hydrogen (secondary N) is 2. The van der Waals surface area contributed by atoms with Crippen molar-refractivity contribution < 1.29 is 49.5 Å². The van der Waals surface area contributed by atoms with E-state index in [4.69, 9.17) is 37.0 Å². The number of rotatable bonds is 7. The summed E-state index contributed by atoms with van der Waals surface area (Å²) >= 11 is 0. The number of amides is 1. The Labute approximate surface area is 207 Å². The first kappa shape index (κ1) is 32.4. The largest absolute Gasteiger partial charge is 0.480 e. The summed E-state index contributed by atoms with van der Waals surface area (Å²) in [6, 6.07) is 6.51. The molecule has 0 unspecified atom stereocenters. The number of benzene rings is 1. The van der Waals surface area contributed by atoms with Crippen LogP contribution in [-0.4, -0.2) is 92.6 Å². The van der Waals surface area contributed by atoms with Gasteiger partial charge in [0.25, 0.3) is 0 Å². The first-order chi connectivity index (χ1) is 16.9. The third kappa shape index (κ3) is 14.6. The van der Waals surface area contributed by atoms with Gasteiger partial charge in [0.2, 0.25) is 5.91 Å². The maximum Gasteiger partial charge on any atom is 0.326 e. The van der Waals surface area contributed by atoms with E-state index in [0.717, 1.165) is 24.9 Å². The van der Waals surface area contributed by atoms with Crippen molar-refractivity contribution in [1.82, 2.24) is 10.6 Å². The van der Waals surface area contributed by atoms with Crippen molar-refractivity contribution in [2.24, 2.45) is 11.5 Å². The van der Waals surface area contributed by atoms with Crippen LogP contribution in [0.3, 0.4) is 0 Å². The molecule has 0 radical (unpaired) electrons. The molecule has 3 rings (SSSR count). The van der Waals surface area contributed by atoms with Crippen LogP contribution in [0.1, 0.15) is 31.2 Å². The number of carbonyl (C=O) groups excluding carboxylic acids is 1. The Kier molecular flexibility index (Phi) is 16.0. The van der Waals surface area contributed by atoms with Gasteiger partial charge in [-0.15, -0.1) is 0 Å². The van der Waals surface area contributed by atoms with Gasteiger partial charge in [0.1, 0.15) is 24.2 Å². The average Bonchev–Trinajstić information content (AvgIpc) is 3.53. The molecule has 1 aromatic rings. The van der Waals surface area contributed by atoms with Crippen molar-refractivity contribution in [2.75, 3.05) is 13.2 Å². The molecule has 1 aromatic carbocycles. The molecule has 36 heavy (non-hydrogen) atoms. The number of hydrogen-bond donors (Lipinski definition) is 9. The van der Waals surface area contributed by atoms with Crippen LogP contribution < -0.4 is 22.1 Å². The summed E-state index contributed by atoms with van der Waals surface area (Å²) in [5.74, 6) is -3.97. The Hall–Kier alpha value is -3.59. The molecule has 14 heteroatoms. The standard InChI is InChI=1S/C9H11NO2.C5H7NO3.C5H9NO2.C3H7NO3/c10-8(9(11)12)6-7-4-2-1-3-5-7;7-4-2-1-3(6-4)5(8)9;7-5(8)4-2-1-3-6-4;4-2(1-5)3(6)7/h1-5,8H,6,10H2,(H,11,12);3H,1-2H2,(H,6,7)(H,8,9);4,6H,1-3H2,(H,7,8);2,5H,1,4H2,(H,6,7)/t8-;3-;4-;2-/m0000/s1. The molecule has 0 bridgehead atoms. The molecule has 2 fully saturated rings. The summed E-state index contributed by atoms with van der Waals surface area (Å²) in [5.41, 5.74) is 11.1. The second-order valence-electron chi connectivity index (χ2n) is 7.75. The summed E-state index contributed by atoms with van der Waals surface area (Å²) in [5, 5.41) is 46.3. The van der Waals surface area contributed by atoms with E-state index in [0.29, 0.717) is 19.3 Å². The van der Waals surface area contributed by atoms with Crippen molar-refractivity contribution in [1.29, 1.82) is 0 Å². The molecule has 14 nitrogen and oxygen atoms in total. The highest BCUT2D eigenvalue weighted by Crippen LogP contribution is 2.05. The molecule has 4 atom stereocenters. The topological polar surface area (TPSA) is 263 Å². The lowest BCUT2D eigenvalue weighted by Crippen LogP contribution is -2.33. The molecule has 2 heterocycles. The zero-order chi connectivity index (χ0) is 27.7. The molecule has 1 amide bonds. The second-order valence-corrected chi connectivity index (χ2v) is 7.75. The molecule has 202 valence electrons. The normalized spacial score (nSPS) is 19.5. The second kappa shape index (κ2) is 17.8. The molecule has 0 spiro atoms. The zero-order valence-electron chi connectivity index (χ0n) is 19.6. The quantitative estimate of drug-likeness (QED) is 0.195. The van der Waals surface area contributed by atoms with Crippen molar-refractivity contribution in [3.8, 4) is 0 Å². The predicted molar refractivity (Wildman–Crippen MR) is 126 cm³/mol. The molecular formula is C22H34N4O10. The summed E-state index contributed by atoms with van der Waals surface area (Å²) in [7, 11) is 0. The minimum absolute atomic E-state index is 0.164. The van der Waals surface area contributed by atoms with Gasteiger partial charge in [0, 0.05) is 6.42 Å². The SMILES string of the molecule is N[C@@H](CO)C(=O)O.N[C@@H](Cc1ccccc1)C(=O)O.O=C(O)[C@@H]1CCCN1.O=C1CC[C@@H](C(=O)O)N1. The van der Waals surface area contributed by atoms with Gasteiger partial charge < -0.3 is 47.6 Å². The van der Waals surface area contributed by atoms with Crippen LogP contribution in [0, 0.1) is 0 Å². The third-order valence-corrected chi connectivity index (χ3v) is 4.78. The minimum atomic E-state index is -1.18. The van der Waals surface area contributed by atoms with Gasteiger partial charge in [0.15, 0.2) is 0 Å². The third-order valence-electron chi connectivity index (χ3n) is 4.78. The van der Waals surface area contributed by atoms with E-state index in [-0.39, 0.29) is 11.9 Å². The number of nitrogens with two attached hydrogens (primary N) is 2. The number of aliphatic carboxylic acids is 4. The first-order valence-electron chi connectivity index (χ1n) is 11.0. The lowest BCUT2D eigenvalue weighted by atomic mass is 10.1. The Morgan fingerprint density at radius 1 is 0.889 bits per heavy atom. The Morgan fingerprint density at radius 3 is 1.72 bits per heavy atom. The molecular weight excluding hydrogens is 480 g/mol. The van der Waals surface area contributed by atoms with Gasteiger partial charge in [0.05, 0.1) is 6.61 Å². The number of carbonyl (C=O) groups is 5. The number of aliphatic hydroxyl groups excluding tert-OH is 1. The van der Waals surface area contributed by atoms with Crippen LogP contribution in [0.5, 0.6) is 0 Å². The summed E-state index contributed by atoms with van der Waals surface area (Å²) < 4.78 is 0. The molecule has 11 N–H and O–H groups in total. The lowest BCUT2D eigenvalue weighted by molar-refractivity contribution is -0.140. The molecule has 0 aliphatic carbocycles. The molecule has 2 aliphatic heterocycles. The fourth-order valence-corrected chi connectivity index (χ4v) is 2.73. The highest BCUT2D eigenvalue weighted by atomic mass is 16.4. The lowest BCUT2D eigenvalue weighted by Gasteiger charge is -2.04. The Bertz CT molecular complexity index is 846. The monoisotopic (exact) mass is 514 g/mol. The van der Waals surface area contributed by atoms with E-state index in [2.05, 4.69) is 10.6 Å². The fraction of sp³-hybridized carbons (Fsp3) is 0.500. The minimum Gasteiger partial charge on any atom is -0.480 e. The van der Waals surface area contributed by atoms with E-state index < -0.39 is 48.6 Å². The van der Waals surface area contributed by atoms with Crippen LogP contribution in [0.25, 0.3) is 0 Å². The average molecular weight is 515 g/mol. The van der Waals surface area contributed by atoms with Crippen molar-refractivity contribution in [3.63, 3.8) is 0 Å². The van der Waals surface area contributed by atoms with Crippen LogP contribution in [0.4, 0.5) is 0 Å². The maximum atomic E-state index is 10.4. The van der Waals surface area contributed by atoms with Crippen LogP contribution >= 0.6 is 0 Å². The van der Waals surface area contributed by atoms with Crippen molar-refractivity contribution in [3.05, 3.63) is 35.9 Å². The number of carboxylic acids is 4. The highest BCUT2D eigenvalue weighted by Gasteiger charge is 2.26. The highest BCUT2D eigenvalue weighted by molar-refractivity contribution is 5.87. The van der Waals surface area contributed by atoms with Gasteiger partial charge in [-0.25, -0.2) is 4.79 Å². The molecule has 2 saturated heterocycles. The number of hydrogen-bond acceptors (Lipinski definition) is 9.